The van der Waals surface area contributed by atoms with Crippen LogP contribution in [0.5, 0.6) is 5.75 Å². The predicted molar refractivity (Wildman–Crippen MR) is 226 cm³/mol. The monoisotopic (exact) mass is 838 g/mol. The fourth-order valence-corrected chi connectivity index (χ4v) is 10.2. The summed E-state index contributed by atoms with van der Waals surface area (Å²) >= 11 is 0. The quantitative estimate of drug-likeness (QED) is 0.125. The zero-order valence-electron chi connectivity index (χ0n) is 36.1. The van der Waals surface area contributed by atoms with Crippen LogP contribution >= 0.6 is 0 Å². The molecule has 4 fully saturated rings. The van der Waals surface area contributed by atoms with Crippen molar-refractivity contribution >= 4 is 27.9 Å². The van der Waals surface area contributed by atoms with Gasteiger partial charge in [0.2, 0.25) is 21.8 Å². The van der Waals surface area contributed by atoms with Gasteiger partial charge in [0.05, 0.1) is 36.7 Å². The number of rotatable bonds is 19. The number of nitrogens with one attached hydrogen (secondary N) is 3. The zero-order chi connectivity index (χ0) is 43.0. The van der Waals surface area contributed by atoms with Gasteiger partial charge in [-0.2, -0.15) is 4.72 Å². The Balaban J connectivity index is 1.06. The average molecular weight is 839 g/mol. The Labute approximate surface area is 350 Å². The van der Waals surface area contributed by atoms with Gasteiger partial charge in [-0.15, -0.1) is 0 Å². The van der Waals surface area contributed by atoms with Crippen molar-refractivity contribution in [3.63, 3.8) is 0 Å². The van der Waals surface area contributed by atoms with Gasteiger partial charge >= 0.3 is 6.09 Å². The molecule has 1 heterocycles. The molecular weight excluding hydrogens is 773 g/mol. The van der Waals surface area contributed by atoms with Gasteiger partial charge in [-0.25, -0.2) is 13.2 Å². The largest absolute Gasteiger partial charge is 0.497 e. The van der Waals surface area contributed by atoms with Crippen LogP contribution in [0.15, 0.2) is 48.5 Å². The van der Waals surface area contributed by atoms with Gasteiger partial charge in [-0.1, -0.05) is 71.0 Å². The Hall–Kier alpha value is -3.72. The van der Waals surface area contributed by atoms with E-state index in [9.17, 15) is 27.9 Å². The Morgan fingerprint density at radius 2 is 1.66 bits per heavy atom. The van der Waals surface area contributed by atoms with Gasteiger partial charge in [0, 0.05) is 13.5 Å². The molecule has 2 aromatic carbocycles. The number of benzene rings is 2. The summed E-state index contributed by atoms with van der Waals surface area (Å²) in [5.41, 5.74) is 0.643. The van der Waals surface area contributed by atoms with E-state index in [-0.39, 0.29) is 30.9 Å². The lowest BCUT2D eigenvalue weighted by Crippen LogP contribution is -2.61. The number of aryl methyl sites for hydroxylation is 1. The zero-order valence-corrected chi connectivity index (χ0v) is 37.0. The van der Waals surface area contributed by atoms with Crippen molar-refractivity contribution in [3.05, 3.63) is 54.1 Å². The number of nitrogens with zero attached hydrogens (tertiary/aromatic N) is 1. The summed E-state index contributed by atoms with van der Waals surface area (Å²) in [6, 6.07) is 14.5. The summed E-state index contributed by atoms with van der Waals surface area (Å²) < 4.78 is 45.1. The SMILES string of the molecule is COc1ccc(-c2ccccc2)c(CCCC(C)(C)CCOC(=O)NC(C(=O)N2CC(C)(OC)CC2C(=O)NC2(C(O)NS(=O)(=O)C3CC3)CC2C2CC2)C(C)(C)C)c1. The first-order valence-corrected chi connectivity index (χ1v) is 22.8. The molecule has 1 saturated heterocycles. The number of likely N-dealkylation sites (tertiary alicyclic amines) is 1. The number of aliphatic hydroxyl groups excluding tert-OH is 1. The van der Waals surface area contributed by atoms with Crippen LogP contribution in [-0.4, -0.2) is 98.4 Å². The second-order valence-electron chi connectivity index (χ2n) is 19.5. The molecule has 0 radical (unpaired) electrons. The van der Waals surface area contributed by atoms with E-state index in [1.807, 2.05) is 52.0 Å². The van der Waals surface area contributed by atoms with Crippen LogP contribution in [0.2, 0.25) is 0 Å². The highest BCUT2D eigenvalue weighted by Gasteiger charge is 2.66. The molecule has 6 unspecified atom stereocenters. The second-order valence-corrected chi connectivity index (χ2v) is 21.5. The maximum atomic E-state index is 14.5. The molecule has 14 heteroatoms. The molecule has 4 N–H and O–H groups in total. The standard InChI is InChI=1S/C45H66N4O9S/c1-42(2,3)37(46-41(53)58-24-23-43(4,5)22-12-15-31-25-32(56-7)18-21-34(31)29-13-10-9-11-14-29)39(51)49-28-44(6,57-8)27-36(49)38(50)47-45(26-35(45)30-16-17-30)40(52)48-59(54,55)33-19-20-33/h9-11,13-14,18,21,25,30,33,35-37,40,48,52H,12,15-17,19-20,22-24,26-28H2,1-8H3,(H,46,53)(H,47,50). The van der Waals surface area contributed by atoms with E-state index in [1.165, 1.54) is 23.1 Å². The first-order chi connectivity index (χ1) is 27.7. The highest BCUT2D eigenvalue weighted by molar-refractivity contribution is 7.90. The van der Waals surface area contributed by atoms with Gasteiger partial charge in [0.15, 0.2) is 0 Å². The number of methoxy groups -OCH3 is 2. The summed E-state index contributed by atoms with van der Waals surface area (Å²) in [6.07, 6.45) is 4.69. The van der Waals surface area contributed by atoms with Crippen molar-refractivity contribution in [2.75, 3.05) is 27.4 Å². The third kappa shape index (κ3) is 10.8. The normalized spacial score (nSPS) is 25.5. The maximum Gasteiger partial charge on any atom is 0.407 e. The Morgan fingerprint density at radius 3 is 2.27 bits per heavy atom. The number of aliphatic hydroxyl groups is 1. The van der Waals surface area contributed by atoms with Crippen LogP contribution in [0.4, 0.5) is 4.79 Å². The first-order valence-electron chi connectivity index (χ1n) is 21.2. The Bertz CT molecular complexity index is 1950. The molecule has 0 spiro atoms. The van der Waals surface area contributed by atoms with Gasteiger partial charge in [-0.05, 0) is 116 Å². The fourth-order valence-electron chi connectivity index (χ4n) is 8.71. The van der Waals surface area contributed by atoms with E-state index in [0.29, 0.717) is 31.6 Å². The van der Waals surface area contributed by atoms with Crippen molar-refractivity contribution in [3.8, 4) is 16.9 Å². The minimum absolute atomic E-state index is 0.0769. The number of carbonyl (C=O) groups excluding carboxylic acids is 3. The van der Waals surface area contributed by atoms with Crippen molar-refractivity contribution in [1.29, 1.82) is 0 Å². The van der Waals surface area contributed by atoms with Crippen LogP contribution in [-0.2, 0) is 35.5 Å². The molecule has 59 heavy (non-hydrogen) atoms. The number of sulfonamides is 1. The lowest BCUT2D eigenvalue weighted by molar-refractivity contribution is -0.143. The molecular formula is C45H66N4O9S. The fraction of sp³-hybridized carbons (Fsp3) is 0.667. The lowest BCUT2D eigenvalue weighted by atomic mass is 9.83. The summed E-state index contributed by atoms with van der Waals surface area (Å²) in [4.78, 5) is 43.6. The van der Waals surface area contributed by atoms with Crippen molar-refractivity contribution in [2.24, 2.45) is 22.7 Å². The van der Waals surface area contributed by atoms with Crippen LogP contribution in [0.1, 0.15) is 105 Å². The van der Waals surface area contributed by atoms with E-state index >= 15 is 0 Å². The molecule has 326 valence electrons. The third-order valence-corrected chi connectivity index (χ3v) is 14.9. The van der Waals surface area contributed by atoms with Crippen LogP contribution < -0.4 is 20.1 Å². The van der Waals surface area contributed by atoms with E-state index < -0.39 is 68.0 Å². The summed E-state index contributed by atoms with van der Waals surface area (Å²) in [5.74, 6) is 0.0846. The van der Waals surface area contributed by atoms with E-state index in [1.54, 1.807) is 7.11 Å². The lowest BCUT2D eigenvalue weighted by Gasteiger charge is -2.36. The molecule has 6 atom stereocenters. The minimum Gasteiger partial charge on any atom is -0.497 e. The second kappa shape index (κ2) is 17.3. The number of alkyl carbamates (subject to hydrolysis) is 1. The maximum absolute atomic E-state index is 14.5. The molecule has 0 aromatic heterocycles. The first kappa shape index (κ1) is 44.8. The molecule has 6 rings (SSSR count). The predicted octanol–water partition coefficient (Wildman–Crippen LogP) is 5.93. The smallest absolute Gasteiger partial charge is 0.407 e. The molecule has 4 aliphatic rings. The van der Waals surface area contributed by atoms with Gasteiger partial charge in [-0.3, -0.25) is 9.59 Å². The van der Waals surface area contributed by atoms with Crippen molar-refractivity contribution < 1.29 is 42.1 Å². The van der Waals surface area contributed by atoms with Gasteiger partial charge in [0.25, 0.3) is 0 Å². The van der Waals surface area contributed by atoms with E-state index in [0.717, 1.165) is 43.4 Å². The number of hydrogen-bond acceptors (Lipinski definition) is 9. The van der Waals surface area contributed by atoms with Gasteiger partial charge < -0.3 is 34.9 Å². The topological polar surface area (TPSA) is 173 Å². The molecule has 3 aliphatic carbocycles. The number of carbonyl (C=O) groups is 3. The van der Waals surface area contributed by atoms with E-state index in [2.05, 4.69) is 53.5 Å². The molecule has 3 saturated carbocycles. The molecule has 2 aromatic rings. The molecule has 1 aliphatic heterocycles. The Morgan fingerprint density at radius 1 is 0.966 bits per heavy atom. The van der Waals surface area contributed by atoms with Crippen LogP contribution in [0, 0.1) is 22.7 Å². The highest BCUT2D eigenvalue weighted by Crippen LogP contribution is 2.58. The van der Waals surface area contributed by atoms with Crippen LogP contribution in [0.25, 0.3) is 11.1 Å². The average Bonchev–Trinajstić information content (AvgIpc) is 4.05. The number of amides is 3. The van der Waals surface area contributed by atoms with Crippen LogP contribution in [0.3, 0.4) is 0 Å². The summed E-state index contributed by atoms with van der Waals surface area (Å²) in [6.45, 7) is 11.9. The highest BCUT2D eigenvalue weighted by atomic mass is 32.2. The van der Waals surface area contributed by atoms with Crippen molar-refractivity contribution in [2.45, 2.75) is 140 Å². The van der Waals surface area contributed by atoms with Crippen molar-refractivity contribution in [1.82, 2.24) is 20.3 Å². The number of hydrogen-bond donors (Lipinski definition) is 4. The molecule has 3 amide bonds. The molecule has 0 bridgehead atoms. The van der Waals surface area contributed by atoms with Gasteiger partial charge in [0.1, 0.15) is 24.1 Å². The molecule has 13 nitrogen and oxygen atoms in total. The summed E-state index contributed by atoms with van der Waals surface area (Å²) in [7, 11) is -0.528. The minimum atomic E-state index is -3.73. The Kier molecular flexibility index (Phi) is 13.2. The summed E-state index contributed by atoms with van der Waals surface area (Å²) in [5, 5.41) is 16.6. The van der Waals surface area contributed by atoms with E-state index in [4.69, 9.17) is 14.2 Å². The number of ether oxygens (including phenoxy) is 3. The third-order valence-electron chi connectivity index (χ3n) is 13.0.